The molecule has 4 rings (SSSR count). The normalized spacial score (nSPS) is 10.3. The van der Waals surface area contributed by atoms with E-state index in [-0.39, 0.29) is 5.91 Å². The molecule has 29 heavy (non-hydrogen) atoms. The number of aromatic nitrogens is 3. The van der Waals surface area contributed by atoms with E-state index in [0.717, 1.165) is 0 Å². The van der Waals surface area contributed by atoms with Gasteiger partial charge in [0.15, 0.2) is 0 Å². The van der Waals surface area contributed by atoms with Gasteiger partial charge in [-0.2, -0.15) is 0 Å². The van der Waals surface area contributed by atoms with Crippen LogP contribution in [0.1, 0.15) is 20.7 Å². The third-order valence-electron chi connectivity index (χ3n) is 4.11. The Morgan fingerprint density at radius 2 is 1.69 bits per heavy atom. The maximum absolute atomic E-state index is 12.3. The van der Waals surface area contributed by atoms with E-state index in [1.165, 1.54) is 6.20 Å². The van der Waals surface area contributed by atoms with Crippen molar-refractivity contribution in [2.45, 2.75) is 0 Å². The van der Waals surface area contributed by atoms with Crippen LogP contribution in [0.25, 0.3) is 5.82 Å². The van der Waals surface area contributed by atoms with Crippen LogP contribution in [0.2, 0.25) is 0 Å². The molecule has 1 N–H and O–H groups in total. The zero-order valence-electron chi connectivity index (χ0n) is 15.2. The smallest absolute Gasteiger partial charge is 0.345 e. The SMILES string of the molecule is O=C(Nc1ccc(OC(=O)c2ccc(-n3ccnc3)nc2)cc1)c1ccccc1. The Hall–Kier alpha value is -4.26. The van der Waals surface area contributed by atoms with Crippen molar-refractivity contribution in [1.82, 2.24) is 14.5 Å². The molecule has 2 aromatic heterocycles. The van der Waals surface area contributed by atoms with Gasteiger partial charge in [0.05, 0.1) is 5.56 Å². The highest BCUT2D eigenvalue weighted by molar-refractivity contribution is 6.04. The lowest BCUT2D eigenvalue weighted by Crippen LogP contribution is -2.12. The molecule has 0 saturated heterocycles. The molecule has 4 aromatic rings. The number of pyridine rings is 1. The second-order valence-electron chi connectivity index (χ2n) is 6.11. The third-order valence-corrected chi connectivity index (χ3v) is 4.11. The zero-order chi connectivity index (χ0) is 20.1. The average Bonchev–Trinajstić information content (AvgIpc) is 3.31. The van der Waals surface area contributed by atoms with E-state index < -0.39 is 5.97 Å². The largest absolute Gasteiger partial charge is 0.423 e. The topological polar surface area (TPSA) is 86.1 Å². The standard InChI is InChI=1S/C22H16N4O3/c27-21(16-4-2-1-3-5-16)25-18-7-9-19(10-8-18)29-22(28)17-6-11-20(24-14-17)26-13-12-23-15-26/h1-15H,(H,25,27). The molecule has 0 unspecified atom stereocenters. The first-order valence-electron chi connectivity index (χ1n) is 8.82. The first kappa shape index (κ1) is 18.1. The molecule has 0 saturated carbocycles. The Kier molecular flexibility index (Phi) is 5.11. The molecular formula is C22H16N4O3. The molecular weight excluding hydrogens is 368 g/mol. The van der Waals surface area contributed by atoms with Gasteiger partial charge in [0.25, 0.3) is 5.91 Å². The number of benzene rings is 2. The van der Waals surface area contributed by atoms with Gasteiger partial charge in [-0.3, -0.25) is 9.36 Å². The van der Waals surface area contributed by atoms with Crippen molar-refractivity contribution in [3.05, 3.63) is 103 Å². The number of anilines is 1. The first-order valence-corrected chi connectivity index (χ1v) is 8.82. The molecule has 0 radical (unpaired) electrons. The van der Waals surface area contributed by atoms with Crippen molar-refractivity contribution in [2.24, 2.45) is 0 Å². The number of nitrogens with zero attached hydrogens (tertiary/aromatic N) is 3. The van der Waals surface area contributed by atoms with E-state index in [9.17, 15) is 9.59 Å². The van der Waals surface area contributed by atoms with Crippen LogP contribution in [-0.4, -0.2) is 26.4 Å². The van der Waals surface area contributed by atoms with E-state index in [1.807, 2.05) is 6.07 Å². The molecule has 7 nitrogen and oxygen atoms in total. The van der Waals surface area contributed by atoms with E-state index in [4.69, 9.17) is 4.74 Å². The fourth-order valence-electron chi connectivity index (χ4n) is 2.62. The summed E-state index contributed by atoms with van der Waals surface area (Å²) in [6.07, 6.45) is 6.48. The van der Waals surface area contributed by atoms with Gasteiger partial charge in [-0.15, -0.1) is 0 Å². The molecule has 0 atom stereocenters. The van der Waals surface area contributed by atoms with Gasteiger partial charge in [0, 0.05) is 29.8 Å². The van der Waals surface area contributed by atoms with Crippen LogP contribution in [0.3, 0.4) is 0 Å². The predicted molar refractivity (Wildman–Crippen MR) is 107 cm³/mol. The van der Waals surface area contributed by atoms with Crippen LogP contribution in [0.15, 0.2) is 91.6 Å². The van der Waals surface area contributed by atoms with Crippen molar-refractivity contribution < 1.29 is 14.3 Å². The Balaban J connectivity index is 1.38. The number of carbonyl (C=O) groups is 2. The highest BCUT2D eigenvalue weighted by Crippen LogP contribution is 2.18. The fourth-order valence-corrected chi connectivity index (χ4v) is 2.62. The summed E-state index contributed by atoms with van der Waals surface area (Å²) in [7, 11) is 0. The molecule has 0 aliphatic heterocycles. The monoisotopic (exact) mass is 384 g/mol. The fraction of sp³-hybridized carbons (Fsp3) is 0. The highest BCUT2D eigenvalue weighted by Gasteiger charge is 2.10. The molecule has 7 heteroatoms. The van der Waals surface area contributed by atoms with Gasteiger partial charge >= 0.3 is 5.97 Å². The molecule has 142 valence electrons. The molecule has 2 aromatic carbocycles. The van der Waals surface area contributed by atoms with Crippen molar-refractivity contribution in [1.29, 1.82) is 0 Å². The summed E-state index contributed by atoms with van der Waals surface area (Å²) in [6.45, 7) is 0. The van der Waals surface area contributed by atoms with Gasteiger partial charge in [0.1, 0.15) is 17.9 Å². The summed E-state index contributed by atoms with van der Waals surface area (Å²) < 4.78 is 7.10. The Bertz CT molecular complexity index is 1110. The highest BCUT2D eigenvalue weighted by atomic mass is 16.5. The lowest BCUT2D eigenvalue weighted by molar-refractivity contribution is 0.0734. The number of hydrogen-bond acceptors (Lipinski definition) is 5. The minimum atomic E-state index is -0.518. The van der Waals surface area contributed by atoms with E-state index >= 15 is 0 Å². The van der Waals surface area contributed by atoms with Crippen LogP contribution in [0, 0.1) is 0 Å². The minimum Gasteiger partial charge on any atom is -0.423 e. The van der Waals surface area contributed by atoms with Gasteiger partial charge < -0.3 is 10.1 Å². The summed E-state index contributed by atoms with van der Waals surface area (Å²) in [5.74, 6) is 0.291. The lowest BCUT2D eigenvalue weighted by Gasteiger charge is -2.08. The summed E-state index contributed by atoms with van der Waals surface area (Å²) in [5.41, 5.74) is 1.50. The minimum absolute atomic E-state index is 0.209. The summed E-state index contributed by atoms with van der Waals surface area (Å²) in [5, 5.41) is 2.79. The van der Waals surface area contributed by atoms with Gasteiger partial charge in [0.2, 0.25) is 0 Å². The second kappa shape index (κ2) is 8.18. The molecule has 0 spiro atoms. The van der Waals surface area contributed by atoms with Crippen molar-refractivity contribution in [3.63, 3.8) is 0 Å². The Morgan fingerprint density at radius 1 is 0.897 bits per heavy atom. The van der Waals surface area contributed by atoms with Crippen LogP contribution >= 0.6 is 0 Å². The van der Waals surface area contributed by atoms with Crippen LogP contribution in [0.4, 0.5) is 5.69 Å². The Labute approximate surface area is 166 Å². The zero-order valence-corrected chi connectivity index (χ0v) is 15.2. The summed E-state index contributed by atoms with van der Waals surface area (Å²) in [4.78, 5) is 32.7. The number of imidazole rings is 1. The molecule has 0 bridgehead atoms. The number of nitrogens with one attached hydrogen (secondary N) is 1. The summed E-state index contributed by atoms with van der Waals surface area (Å²) >= 11 is 0. The number of rotatable bonds is 5. The molecule has 0 fully saturated rings. The molecule has 1 amide bonds. The molecule has 0 aliphatic carbocycles. The van der Waals surface area contributed by atoms with E-state index in [0.29, 0.717) is 28.4 Å². The number of hydrogen-bond donors (Lipinski definition) is 1. The number of carbonyl (C=O) groups excluding carboxylic acids is 2. The first-order chi connectivity index (χ1) is 14.2. The lowest BCUT2D eigenvalue weighted by atomic mass is 10.2. The predicted octanol–water partition coefficient (Wildman–Crippen LogP) is 3.74. The van der Waals surface area contributed by atoms with E-state index in [1.54, 1.807) is 84.0 Å². The van der Waals surface area contributed by atoms with Crippen LogP contribution in [-0.2, 0) is 0 Å². The van der Waals surface area contributed by atoms with Gasteiger partial charge in [-0.05, 0) is 48.5 Å². The van der Waals surface area contributed by atoms with Crippen molar-refractivity contribution in [2.75, 3.05) is 5.32 Å². The summed E-state index contributed by atoms with van der Waals surface area (Å²) in [6, 6.07) is 18.8. The molecule has 0 aliphatic rings. The van der Waals surface area contributed by atoms with Crippen molar-refractivity contribution in [3.8, 4) is 11.6 Å². The Morgan fingerprint density at radius 3 is 2.34 bits per heavy atom. The average molecular weight is 384 g/mol. The second-order valence-corrected chi connectivity index (χ2v) is 6.11. The number of esters is 1. The number of ether oxygens (including phenoxy) is 1. The maximum Gasteiger partial charge on any atom is 0.345 e. The van der Waals surface area contributed by atoms with Crippen molar-refractivity contribution >= 4 is 17.6 Å². The van der Waals surface area contributed by atoms with Gasteiger partial charge in [-0.25, -0.2) is 14.8 Å². The third kappa shape index (κ3) is 4.36. The van der Waals surface area contributed by atoms with Gasteiger partial charge in [-0.1, -0.05) is 18.2 Å². The number of amides is 1. The van der Waals surface area contributed by atoms with Crippen LogP contribution in [0.5, 0.6) is 5.75 Å². The van der Waals surface area contributed by atoms with Crippen LogP contribution < -0.4 is 10.1 Å². The quantitative estimate of drug-likeness (QED) is 0.418. The van der Waals surface area contributed by atoms with E-state index in [2.05, 4.69) is 15.3 Å². The maximum atomic E-state index is 12.3. The molecule has 2 heterocycles.